The number of piperidine rings is 1. The Balaban J connectivity index is 1.52. The molecule has 2 aliphatic heterocycles. The van der Waals surface area contributed by atoms with Crippen LogP contribution in [0.25, 0.3) is 0 Å². The van der Waals surface area contributed by atoms with Gasteiger partial charge in [-0.1, -0.05) is 6.07 Å². The summed E-state index contributed by atoms with van der Waals surface area (Å²) in [4.78, 5) is 6.45. The zero-order chi connectivity index (χ0) is 15.6. The normalized spacial score (nSPS) is 25.9. The summed E-state index contributed by atoms with van der Waals surface area (Å²) in [5.74, 6) is 1.06. The van der Waals surface area contributed by atoms with Crippen molar-refractivity contribution in [1.29, 1.82) is 0 Å². The van der Waals surface area contributed by atoms with Gasteiger partial charge in [0.05, 0.1) is 17.2 Å². The van der Waals surface area contributed by atoms with Gasteiger partial charge in [0.15, 0.2) is 5.67 Å². The van der Waals surface area contributed by atoms with E-state index in [9.17, 15) is 12.8 Å². The van der Waals surface area contributed by atoms with Gasteiger partial charge in [0.1, 0.15) is 9.84 Å². The standard InChI is InChI=1S/C16H23FN2O2S/c17-16(15-3-1-2-8-18-15)6-9-19(10-7-16)13-14-4-11-22(20,21)12-5-14/h1-3,8,14H,4-7,9-13H2. The number of aromatic nitrogens is 1. The number of alkyl halides is 1. The summed E-state index contributed by atoms with van der Waals surface area (Å²) in [5, 5.41) is 0. The monoisotopic (exact) mass is 326 g/mol. The molecule has 122 valence electrons. The molecule has 0 spiro atoms. The molecule has 0 aromatic carbocycles. The van der Waals surface area contributed by atoms with E-state index >= 15 is 0 Å². The Morgan fingerprint density at radius 1 is 1.23 bits per heavy atom. The van der Waals surface area contributed by atoms with Gasteiger partial charge in [-0.2, -0.15) is 0 Å². The zero-order valence-electron chi connectivity index (χ0n) is 12.7. The molecule has 22 heavy (non-hydrogen) atoms. The predicted octanol–water partition coefficient (Wildman–Crippen LogP) is 2.17. The van der Waals surface area contributed by atoms with E-state index in [0.29, 0.717) is 36.0 Å². The molecule has 0 atom stereocenters. The molecule has 0 amide bonds. The summed E-state index contributed by atoms with van der Waals surface area (Å²) in [6.07, 6.45) is 4.08. The zero-order valence-corrected chi connectivity index (χ0v) is 13.6. The molecule has 3 heterocycles. The number of hydrogen-bond donors (Lipinski definition) is 0. The first-order chi connectivity index (χ1) is 10.5. The lowest BCUT2D eigenvalue weighted by Gasteiger charge is -2.38. The second kappa shape index (κ2) is 6.24. The minimum atomic E-state index is -2.80. The van der Waals surface area contributed by atoms with Gasteiger partial charge < -0.3 is 4.90 Å². The summed E-state index contributed by atoms with van der Waals surface area (Å²) in [7, 11) is -2.80. The van der Waals surface area contributed by atoms with Gasteiger partial charge in [-0.25, -0.2) is 12.8 Å². The Hall–Kier alpha value is -1.01. The van der Waals surface area contributed by atoms with E-state index in [1.54, 1.807) is 18.3 Å². The lowest BCUT2D eigenvalue weighted by Crippen LogP contribution is -2.43. The summed E-state index contributed by atoms with van der Waals surface area (Å²) >= 11 is 0. The lowest BCUT2D eigenvalue weighted by molar-refractivity contribution is 0.0448. The average Bonchev–Trinajstić information content (AvgIpc) is 2.53. The first kappa shape index (κ1) is 15.9. The van der Waals surface area contributed by atoms with Gasteiger partial charge in [-0.3, -0.25) is 4.98 Å². The molecular weight excluding hydrogens is 303 g/mol. The second-order valence-electron chi connectivity index (χ2n) is 6.58. The van der Waals surface area contributed by atoms with Gasteiger partial charge >= 0.3 is 0 Å². The lowest BCUT2D eigenvalue weighted by atomic mass is 9.89. The summed E-state index contributed by atoms with van der Waals surface area (Å²) < 4.78 is 37.9. The second-order valence-corrected chi connectivity index (χ2v) is 8.88. The van der Waals surface area contributed by atoms with E-state index in [1.165, 1.54) is 0 Å². The van der Waals surface area contributed by atoms with Crippen molar-refractivity contribution in [1.82, 2.24) is 9.88 Å². The van der Waals surface area contributed by atoms with Crippen LogP contribution in [0.1, 0.15) is 31.4 Å². The number of hydrogen-bond acceptors (Lipinski definition) is 4. The van der Waals surface area contributed by atoms with Crippen molar-refractivity contribution in [2.24, 2.45) is 5.92 Å². The molecule has 0 saturated carbocycles. The smallest absolute Gasteiger partial charge is 0.155 e. The van der Waals surface area contributed by atoms with Crippen molar-refractivity contribution in [2.75, 3.05) is 31.1 Å². The maximum absolute atomic E-state index is 15.0. The van der Waals surface area contributed by atoms with E-state index < -0.39 is 15.5 Å². The van der Waals surface area contributed by atoms with E-state index in [2.05, 4.69) is 9.88 Å². The van der Waals surface area contributed by atoms with Crippen molar-refractivity contribution in [3.8, 4) is 0 Å². The highest BCUT2D eigenvalue weighted by molar-refractivity contribution is 7.91. The van der Waals surface area contributed by atoms with Crippen molar-refractivity contribution in [2.45, 2.75) is 31.4 Å². The Bertz CT molecular complexity index is 584. The molecule has 2 saturated heterocycles. The first-order valence-electron chi connectivity index (χ1n) is 8.00. The minimum absolute atomic E-state index is 0.312. The van der Waals surface area contributed by atoms with Gasteiger partial charge in [-0.05, 0) is 43.7 Å². The fourth-order valence-electron chi connectivity index (χ4n) is 3.46. The van der Waals surface area contributed by atoms with Crippen LogP contribution in [0.4, 0.5) is 4.39 Å². The van der Waals surface area contributed by atoms with Gasteiger partial charge in [0, 0.05) is 25.8 Å². The summed E-state index contributed by atoms with van der Waals surface area (Å²) in [6.45, 7) is 2.33. The van der Waals surface area contributed by atoms with Gasteiger partial charge in [-0.15, -0.1) is 0 Å². The number of likely N-dealkylation sites (tertiary alicyclic amines) is 1. The molecule has 2 aliphatic rings. The molecule has 1 aromatic rings. The van der Waals surface area contributed by atoms with Crippen LogP contribution < -0.4 is 0 Å². The molecule has 4 nitrogen and oxygen atoms in total. The summed E-state index contributed by atoms with van der Waals surface area (Å²) in [5.41, 5.74) is -0.772. The maximum atomic E-state index is 15.0. The number of halogens is 1. The van der Waals surface area contributed by atoms with E-state index in [1.807, 2.05) is 6.07 Å². The highest BCUT2D eigenvalue weighted by atomic mass is 32.2. The Labute approximate surface area is 131 Å². The molecule has 0 radical (unpaired) electrons. The SMILES string of the molecule is O=S1(=O)CCC(CN2CCC(F)(c3ccccn3)CC2)CC1. The van der Waals surface area contributed by atoms with Crippen LogP contribution in [-0.4, -0.2) is 49.4 Å². The molecule has 3 rings (SSSR count). The van der Waals surface area contributed by atoms with Gasteiger partial charge in [0.25, 0.3) is 0 Å². The molecule has 2 fully saturated rings. The van der Waals surface area contributed by atoms with Crippen LogP contribution in [0.5, 0.6) is 0 Å². The predicted molar refractivity (Wildman–Crippen MR) is 84.1 cm³/mol. The Morgan fingerprint density at radius 3 is 2.50 bits per heavy atom. The molecule has 0 bridgehead atoms. The van der Waals surface area contributed by atoms with Crippen molar-refractivity contribution >= 4 is 9.84 Å². The van der Waals surface area contributed by atoms with Gasteiger partial charge in [0.2, 0.25) is 0 Å². The fraction of sp³-hybridized carbons (Fsp3) is 0.688. The van der Waals surface area contributed by atoms with Crippen LogP contribution in [-0.2, 0) is 15.5 Å². The largest absolute Gasteiger partial charge is 0.303 e. The van der Waals surface area contributed by atoms with Crippen LogP contribution in [0, 0.1) is 5.92 Å². The number of rotatable bonds is 3. The van der Waals surface area contributed by atoms with Crippen LogP contribution in [0.15, 0.2) is 24.4 Å². The van der Waals surface area contributed by atoms with E-state index in [4.69, 9.17) is 0 Å². The maximum Gasteiger partial charge on any atom is 0.155 e. The average molecular weight is 326 g/mol. The molecule has 0 unspecified atom stereocenters. The third kappa shape index (κ3) is 3.66. The first-order valence-corrected chi connectivity index (χ1v) is 9.82. The van der Waals surface area contributed by atoms with Crippen LogP contribution in [0.2, 0.25) is 0 Å². The topological polar surface area (TPSA) is 50.3 Å². The highest BCUT2D eigenvalue weighted by Crippen LogP contribution is 2.36. The molecule has 6 heteroatoms. The minimum Gasteiger partial charge on any atom is -0.303 e. The Kier molecular flexibility index (Phi) is 4.50. The van der Waals surface area contributed by atoms with Crippen LogP contribution in [0.3, 0.4) is 0 Å². The third-order valence-corrected chi connectivity index (χ3v) is 6.68. The molecular formula is C16H23FN2O2S. The highest BCUT2D eigenvalue weighted by Gasteiger charge is 2.38. The summed E-state index contributed by atoms with van der Waals surface area (Å²) in [6, 6.07) is 5.40. The van der Waals surface area contributed by atoms with Crippen LogP contribution >= 0.6 is 0 Å². The van der Waals surface area contributed by atoms with Crippen molar-refractivity contribution in [3.05, 3.63) is 30.1 Å². The van der Waals surface area contributed by atoms with Crippen molar-refractivity contribution in [3.63, 3.8) is 0 Å². The van der Waals surface area contributed by atoms with Crippen molar-refractivity contribution < 1.29 is 12.8 Å². The molecule has 0 N–H and O–H groups in total. The number of sulfone groups is 1. The fourth-order valence-corrected chi connectivity index (χ4v) is 5.05. The molecule has 0 aliphatic carbocycles. The van der Waals surface area contributed by atoms with E-state index in [0.717, 1.165) is 32.5 Å². The number of nitrogens with zero attached hydrogens (tertiary/aromatic N) is 2. The Morgan fingerprint density at radius 2 is 1.91 bits per heavy atom. The number of pyridine rings is 1. The third-order valence-electron chi connectivity index (χ3n) is 4.96. The quantitative estimate of drug-likeness (QED) is 0.854. The van der Waals surface area contributed by atoms with E-state index in [-0.39, 0.29) is 0 Å². The molecule has 1 aromatic heterocycles.